The van der Waals surface area contributed by atoms with Crippen molar-refractivity contribution in [3.63, 3.8) is 0 Å². The van der Waals surface area contributed by atoms with Gasteiger partial charge in [-0.3, -0.25) is 14.6 Å². The van der Waals surface area contributed by atoms with E-state index in [4.69, 9.17) is 23.9 Å². The Balaban J connectivity index is 0.978. The van der Waals surface area contributed by atoms with Crippen molar-refractivity contribution in [1.29, 1.82) is 0 Å². The van der Waals surface area contributed by atoms with Crippen molar-refractivity contribution in [2.24, 2.45) is 22.7 Å². The minimum absolute atomic E-state index is 0.0733. The number of carbonyl (C=O) groups is 4. The third kappa shape index (κ3) is 7.05. The van der Waals surface area contributed by atoms with Crippen LogP contribution >= 0.6 is 0 Å². The molecule has 4 aromatic rings. The van der Waals surface area contributed by atoms with Gasteiger partial charge in [-0.15, -0.1) is 0 Å². The first-order valence-electron chi connectivity index (χ1n) is 20.1. The van der Waals surface area contributed by atoms with Crippen LogP contribution in [0.5, 0.6) is 0 Å². The Labute approximate surface area is 331 Å². The zero-order valence-corrected chi connectivity index (χ0v) is 33.3. The lowest BCUT2D eigenvalue weighted by Gasteiger charge is -2.38. The van der Waals surface area contributed by atoms with Crippen molar-refractivity contribution in [2.75, 3.05) is 27.3 Å². The number of amidine groups is 1. The molecule has 4 aliphatic rings. The van der Waals surface area contributed by atoms with E-state index in [0.717, 1.165) is 76.7 Å². The van der Waals surface area contributed by atoms with Crippen LogP contribution in [-0.2, 0) is 19.1 Å². The van der Waals surface area contributed by atoms with E-state index < -0.39 is 24.3 Å². The van der Waals surface area contributed by atoms with E-state index >= 15 is 0 Å². The molecule has 0 spiro atoms. The number of H-pyrrole nitrogens is 1. The maximum absolute atomic E-state index is 14.0. The molecule has 1 aliphatic carbocycles. The van der Waals surface area contributed by atoms with E-state index in [0.29, 0.717) is 24.8 Å². The molecule has 302 valence electrons. The first kappa shape index (κ1) is 38.3. The molecule has 4 amide bonds. The second kappa shape index (κ2) is 15.4. The number of amides is 4. The number of nitrogens with zero attached hydrogens (tertiary/aromatic N) is 4. The lowest BCUT2D eigenvalue weighted by atomic mass is 9.95. The highest BCUT2D eigenvalue weighted by molar-refractivity contribution is 6.06. The maximum atomic E-state index is 14.0. The summed E-state index contributed by atoms with van der Waals surface area (Å²) < 4.78 is 16.1. The molecule has 2 aromatic carbocycles. The third-order valence-corrected chi connectivity index (χ3v) is 12.3. The van der Waals surface area contributed by atoms with Crippen LogP contribution in [0, 0.1) is 17.8 Å². The van der Waals surface area contributed by atoms with Crippen LogP contribution in [-0.4, -0.2) is 101 Å². The highest BCUT2D eigenvalue weighted by atomic mass is 16.5. The number of hydrogen-bond donors (Lipinski definition) is 4. The molecule has 2 aromatic heterocycles. The topological polar surface area (TPSA) is 183 Å². The Morgan fingerprint density at radius 2 is 1.56 bits per heavy atom. The van der Waals surface area contributed by atoms with Gasteiger partial charge in [0.25, 0.3) is 0 Å². The van der Waals surface area contributed by atoms with Crippen LogP contribution in [0.3, 0.4) is 0 Å². The molecular formula is C42H52N8O7. The number of fused-ring (bicyclic) bond motifs is 5. The summed E-state index contributed by atoms with van der Waals surface area (Å²) in [6.45, 7) is 8.78. The van der Waals surface area contributed by atoms with Gasteiger partial charge in [0.2, 0.25) is 11.8 Å². The molecule has 7 atom stereocenters. The van der Waals surface area contributed by atoms with Crippen molar-refractivity contribution in [3.05, 3.63) is 54.0 Å². The number of likely N-dealkylation sites (tertiary alicyclic amines) is 2. The lowest BCUT2D eigenvalue weighted by Crippen LogP contribution is -2.59. The number of carbonyl (C=O) groups excluding carboxylic acids is 4. The summed E-state index contributed by atoms with van der Waals surface area (Å²) >= 11 is 0. The van der Waals surface area contributed by atoms with Gasteiger partial charge in [0, 0.05) is 28.9 Å². The largest absolute Gasteiger partial charge is 0.456 e. The van der Waals surface area contributed by atoms with Gasteiger partial charge >= 0.3 is 12.2 Å². The van der Waals surface area contributed by atoms with Crippen LogP contribution in [0.15, 0.2) is 52.0 Å². The number of rotatable bonds is 10. The van der Waals surface area contributed by atoms with Crippen molar-refractivity contribution in [3.8, 4) is 11.3 Å². The van der Waals surface area contributed by atoms with E-state index in [1.807, 2.05) is 44.7 Å². The number of aromatic amines is 1. The number of hydrogen-bond acceptors (Lipinski definition) is 10. The van der Waals surface area contributed by atoms with Crippen LogP contribution in [0.1, 0.15) is 83.3 Å². The van der Waals surface area contributed by atoms with Gasteiger partial charge in [-0.25, -0.2) is 14.6 Å². The number of aromatic nitrogens is 2. The first-order valence-corrected chi connectivity index (χ1v) is 20.1. The Kier molecular flexibility index (Phi) is 10.3. The Bertz CT molecular complexity index is 2230. The van der Waals surface area contributed by atoms with Crippen LogP contribution in [0.2, 0.25) is 0 Å². The van der Waals surface area contributed by atoms with E-state index in [2.05, 4.69) is 45.2 Å². The van der Waals surface area contributed by atoms with Gasteiger partial charge in [0.05, 0.1) is 50.8 Å². The molecule has 3 aliphatic heterocycles. The molecule has 1 saturated carbocycles. The molecule has 57 heavy (non-hydrogen) atoms. The predicted octanol–water partition coefficient (Wildman–Crippen LogP) is 5.82. The van der Waals surface area contributed by atoms with Crippen LogP contribution in [0.4, 0.5) is 9.59 Å². The normalized spacial score (nSPS) is 23.9. The monoisotopic (exact) mass is 780 g/mol. The summed E-state index contributed by atoms with van der Waals surface area (Å²) in [6.07, 6.45) is 5.08. The number of piperidine rings is 1. The molecule has 4 N–H and O–H groups in total. The quantitative estimate of drug-likeness (QED) is 0.154. The summed E-state index contributed by atoms with van der Waals surface area (Å²) in [5.41, 5.74) is 4.28. The molecule has 3 fully saturated rings. The SMILES string of the molecule is COC(=O)N[C@H](C(=O)N1CCC[C@H]1c1ncc(-c2ccc3c(c2)oc2cc(C4CN=C([C@@H]5[C@H]6CC[C@H](C6)N5C(=O)[C@@H](NC(=O)OC)C(C)C)N4)ccc23)[nH]1)C(C)C. The van der Waals surface area contributed by atoms with Crippen molar-refractivity contribution in [1.82, 2.24) is 35.7 Å². The van der Waals surface area contributed by atoms with Gasteiger partial charge < -0.3 is 44.6 Å². The molecule has 0 radical (unpaired) electrons. The third-order valence-electron chi connectivity index (χ3n) is 12.3. The van der Waals surface area contributed by atoms with E-state index in [-0.39, 0.29) is 47.8 Å². The minimum atomic E-state index is -0.702. The first-order chi connectivity index (χ1) is 27.4. The molecule has 5 heterocycles. The molecule has 8 rings (SSSR count). The summed E-state index contributed by atoms with van der Waals surface area (Å²) in [5.74, 6) is 1.39. The summed E-state index contributed by atoms with van der Waals surface area (Å²) in [7, 11) is 2.59. The molecule has 2 bridgehead atoms. The standard InChI is InChI=1S/C42H52N8O7/c1-21(2)34(47-41(53)55-5)39(51)49-15-7-8-31(49)37-43-19-29(45-37)23-10-13-27-28-14-11-24(18-33(28)57-32(27)17-23)30-20-44-38(46-30)36-25-9-12-26(16-25)50(36)40(52)35(22(3)4)48-42(54)56-6/h10-11,13-14,17-19,21-22,25-26,30-31,34-36H,7-9,12,15-16,20H2,1-6H3,(H,43,45)(H,44,46)(H,47,53)(H,48,54)/t25-,26+,30?,31-,34-,35-,36-/m0/s1. The number of furan rings is 1. The molecule has 15 heteroatoms. The van der Waals surface area contributed by atoms with Crippen molar-refractivity contribution < 1.29 is 33.1 Å². The number of nitrogens with one attached hydrogen (secondary N) is 4. The van der Waals surface area contributed by atoms with Gasteiger partial charge in [-0.05, 0) is 73.6 Å². The number of alkyl carbamates (subject to hydrolysis) is 2. The number of benzene rings is 2. The van der Waals surface area contributed by atoms with Crippen LogP contribution < -0.4 is 16.0 Å². The van der Waals surface area contributed by atoms with E-state index in [1.54, 1.807) is 11.1 Å². The zero-order valence-electron chi connectivity index (χ0n) is 33.3. The highest BCUT2D eigenvalue weighted by Crippen LogP contribution is 2.44. The maximum Gasteiger partial charge on any atom is 0.407 e. The minimum Gasteiger partial charge on any atom is -0.456 e. The Morgan fingerprint density at radius 1 is 0.877 bits per heavy atom. The number of aliphatic imine (C=N–C) groups is 1. The number of ether oxygens (including phenoxy) is 2. The summed E-state index contributed by atoms with van der Waals surface area (Å²) in [6, 6.07) is 10.7. The van der Waals surface area contributed by atoms with Gasteiger partial charge in [-0.1, -0.05) is 45.9 Å². The van der Waals surface area contributed by atoms with Gasteiger partial charge in [0.1, 0.15) is 34.9 Å². The molecule has 2 saturated heterocycles. The Morgan fingerprint density at radius 3 is 2.26 bits per heavy atom. The smallest absolute Gasteiger partial charge is 0.407 e. The average Bonchev–Trinajstić information content (AvgIpc) is 4.07. The second-order valence-electron chi connectivity index (χ2n) is 16.5. The predicted molar refractivity (Wildman–Crippen MR) is 213 cm³/mol. The summed E-state index contributed by atoms with van der Waals surface area (Å²) in [5, 5.41) is 11.1. The van der Waals surface area contributed by atoms with Crippen molar-refractivity contribution in [2.45, 2.75) is 96.1 Å². The number of methoxy groups -OCH3 is 2. The van der Waals surface area contributed by atoms with Gasteiger partial charge in [0.15, 0.2) is 0 Å². The Hall–Kier alpha value is -5.60. The second-order valence-corrected chi connectivity index (χ2v) is 16.5. The fourth-order valence-electron chi connectivity index (χ4n) is 9.37. The zero-order chi connectivity index (χ0) is 40.1. The van der Waals surface area contributed by atoms with Crippen LogP contribution in [0.25, 0.3) is 33.2 Å². The van der Waals surface area contributed by atoms with Crippen molar-refractivity contribution >= 4 is 51.8 Å². The lowest BCUT2D eigenvalue weighted by molar-refractivity contribution is -0.137. The fraction of sp³-hybridized carbons (Fsp3) is 0.524. The van der Waals surface area contributed by atoms with Gasteiger partial charge in [-0.2, -0.15) is 0 Å². The molecular weight excluding hydrogens is 729 g/mol. The summed E-state index contributed by atoms with van der Waals surface area (Å²) in [4.78, 5) is 68.7. The fourth-order valence-corrected chi connectivity index (χ4v) is 9.37. The molecule has 1 unspecified atom stereocenters. The number of imidazole rings is 1. The highest BCUT2D eigenvalue weighted by Gasteiger charge is 2.52. The average molecular weight is 781 g/mol. The molecule has 15 nitrogen and oxygen atoms in total. The van der Waals surface area contributed by atoms with E-state index in [9.17, 15) is 19.2 Å². The van der Waals surface area contributed by atoms with E-state index in [1.165, 1.54) is 14.2 Å².